The molecule has 3 rings (SSSR count). The Morgan fingerprint density at radius 2 is 2.04 bits per heavy atom. The number of likely N-dealkylation sites (tertiary alicyclic amines) is 1. The van der Waals surface area contributed by atoms with Crippen molar-refractivity contribution in [2.45, 2.75) is 38.1 Å². The lowest BCUT2D eigenvalue weighted by Gasteiger charge is -2.35. The zero-order chi connectivity index (χ0) is 16.9. The van der Waals surface area contributed by atoms with E-state index in [2.05, 4.69) is 4.98 Å². The molecule has 1 aromatic carbocycles. The number of nitrogens with zero attached hydrogens (tertiary/aromatic N) is 2. The molecule has 1 amide bonds. The van der Waals surface area contributed by atoms with Crippen molar-refractivity contribution in [3.63, 3.8) is 0 Å². The van der Waals surface area contributed by atoms with Crippen LogP contribution in [0.5, 0.6) is 0 Å². The molecule has 1 unspecified atom stereocenters. The lowest BCUT2D eigenvalue weighted by Crippen LogP contribution is -2.44. The predicted molar refractivity (Wildman–Crippen MR) is 93.1 cm³/mol. The van der Waals surface area contributed by atoms with Crippen molar-refractivity contribution < 1.29 is 14.7 Å². The van der Waals surface area contributed by atoms with Crippen LogP contribution in [-0.2, 0) is 4.79 Å². The second kappa shape index (κ2) is 7.57. The molecule has 126 valence electrons. The van der Waals surface area contributed by atoms with Gasteiger partial charge in [-0.25, -0.2) is 4.98 Å². The average Bonchev–Trinajstić information content (AvgIpc) is 3.10. The molecule has 1 atom stereocenters. The van der Waals surface area contributed by atoms with E-state index in [-0.39, 0.29) is 18.4 Å². The van der Waals surface area contributed by atoms with Crippen LogP contribution in [0.4, 0.5) is 0 Å². The van der Waals surface area contributed by atoms with E-state index in [1.807, 2.05) is 35.2 Å². The maximum atomic E-state index is 12.8. The Morgan fingerprint density at radius 3 is 2.79 bits per heavy atom. The summed E-state index contributed by atoms with van der Waals surface area (Å²) < 4.78 is 0. The number of hydrogen-bond acceptors (Lipinski definition) is 4. The summed E-state index contributed by atoms with van der Waals surface area (Å²) in [5, 5.41) is 11.5. The van der Waals surface area contributed by atoms with Gasteiger partial charge in [-0.15, -0.1) is 11.3 Å². The average molecular weight is 344 g/mol. The molecule has 5 nitrogen and oxygen atoms in total. The van der Waals surface area contributed by atoms with Crippen molar-refractivity contribution in [3.8, 4) is 10.6 Å². The minimum atomic E-state index is -0.812. The van der Waals surface area contributed by atoms with E-state index in [1.54, 1.807) is 5.38 Å². The van der Waals surface area contributed by atoms with E-state index in [9.17, 15) is 9.59 Å². The van der Waals surface area contributed by atoms with E-state index in [1.165, 1.54) is 11.3 Å². The van der Waals surface area contributed by atoms with Crippen molar-refractivity contribution in [3.05, 3.63) is 41.4 Å². The monoisotopic (exact) mass is 344 g/mol. The Balaban J connectivity index is 1.74. The number of carbonyl (C=O) groups excluding carboxylic acids is 1. The molecular weight excluding hydrogens is 324 g/mol. The number of rotatable bonds is 5. The summed E-state index contributed by atoms with van der Waals surface area (Å²) in [6.45, 7) is 0.682. The molecule has 1 saturated heterocycles. The van der Waals surface area contributed by atoms with Crippen LogP contribution in [0, 0.1) is 0 Å². The fourth-order valence-electron chi connectivity index (χ4n) is 3.09. The van der Waals surface area contributed by atoms with E-state index in [4.69, 9.17) is 5.11 Å². The number of benzene rings is 1. The Hall–Kier alpha value is -2.21. The van der Waals surface area contributed by atoms with Crippen LogP contribution in [-0.4, -0.2) is 39.5 Å². The van der Waals surface area contributed by atoms with E-state index in [0.29, 0.717) is 18.7 Å². The van der Waals surface area contributed by atoms with E-state index >= 15 is 0 Å². The number of carboxylic acid groups (broad SMARTS) is 1. The third-order valence-corrected chi connectivity index (χ3v) is 5.21. The van der Waals surface area contributed by atoms with Crippen LogP contribution in [0.2, 0.25) is 0 Å². The maximum absolute atomic E-state index is 12.8. The Bertz CT molecular complexity index is 714. The number of aliphatic carboxylic acids is 1. The van der Waals surface area contributed by atoms with Crippen LogP contribution >= 0.6 is 11.3 Å². The molecule has 1 N–H and O–H groups in total. The minimum absolute atomic E-state index is 0.00391. The largest absolute Gasteiger partial charge is 0.481 e. The standard InChI is InChI=1S/C18H20N2O3S/c21-16(22)10-9-14-8-4-5-11-20(14)18(23)15-12-24-17(19-15)13-6-2-1-3-7-13/h1-3,6-7,12,14H,4-5,8-11H2,(H,21,22). The van der Waals surface area contributed by atoms with E-state index < -0.39 is 5.97 Å². The number of carbonyl (C=O) groups is 2. The number of piperidine rings is 1. The molecule has 0 spiro atoms. The highest BCUT2D eigenvalue weighted by molar-refractivity contribution is 7.13. The number of amides is 1. The molecular formula is C18H20N2O3S. The van der Waals surface area contributed by atoms with Gasteiger partial charge in [-0.3, -0.25) is 9.59 Å². The SMILES string of the molecule is O=C(O)CCC1CCCCN1C(=O)c1csc(-c2ccccc2)n1. The molecule has 6 heteroatoms. The smallest absolute Gasteiger partial charge is 0.303 e. The molecule has 1 aliphatic heterocycles. The van der Waals surface area contributed by atoms with E-state index in [0.717, 1.165) is 29.8 Å². The first-order valence-electron chi connectivity index (χ1n) is 8.19. The number of thiazole rings is 1. The summed E-state index contributed by atoms with van der Waals surface area (Å²) in [6.07, 6.45) is 3.48. The first kappa shape index (κ1) is 16.6. The van der Waals surface area contributed by atoms with Gasteiger partial charge in [0.25, 0.3) is 5.91 Å². The maximum Gasteiger partial charge on any atom is 0.303 e. The number of carboxylic acids is 1. The Kier molecular flexibility index (Phi) is 5.25. The van der Waals surface area contributed by atoms with Gasteiger partial charge in [-0.05, 0) is 25.7 Å². The fraction of sp³-hybridized carbons (Fsp3) is 0.389. The first-order valence-corrected chi connectivity index (χ1v) is 9.07. The topological polar surface area (TPSA) is 70.5 Å². The first-order chi connectivity index (χ1) is 11.6. The normalized spacial score (nSPS) is 17.7. The van der Waals surface area contributed by atoms with Gasteiger partial charge in [-0.1, -0.05) is 30.3 Å². The molecule has 2 aromatic rings. The molecule has 1 aromatic heterocycles. The second-order valence-corrected chi connectivity index (χ2v) is 6.84. The van der Waals surface area contributed by atoms with Crippen LogP contribution in [0.25, 0.3) is 10.6 Å². The van der Waals surface area contributed by atoms with Crippen molar-refractivity contribution >= 4 is 23.2 Å². The van der Waals surface area contributed by atoms with Crippen LogP contribution in [0.1, 0.15) is 42.6 Å². The quantitative estimate of drug-likeness (QED) is 0.898. The zero-order valence-electron chi connectivity index (χ0n) is 13.4. The summed E-state index contributed by atoms with van der Waals surface area (Å²) in [5.41, 5.74) is 1.46. The highest BCUT2D eigenvalue weighted by atomic mass is 32.1. The van der Waals surface area contributed by atoms with Crippen LogP contribution in [0.3, 0.4) is 0 Å². The lowest BCUT2D eigenvalue weighted by atomic mass is 9.97. The summed E-state index contributed by atoms with van der Waals surface area (Å²) in [6, 6.07) is 9.80. The van der Waals surface area contributed by atoms with Gasteiger partial charge in [0.15, 0.2) is 0 Å². The highest BCUT2D eigenvalue weighted by Crippen LogP contribution is 2.27. The third kappa shape index (κ3) is 3.82. The second-order valence-electron chi connectivity index (χ2n) is 5.98. The summed E-state index contributed by atoms with van der Waals surface area (Å²) in [7, 11) is 0. The molecule has 24 heavy (non-hydrogen) atoms. The number of aromatic nitrogens is 1. The summed E-state index contributed by atoms with van der Waals surface area (Å²) in [5.74, 6) is -0.892. The molecule has 1 aliphatic rings. The van der Waals surface area contributed by atoms with Gasteiger partial charge in [0.2, 0.25) is 0 Å². The Morgan fingerprint density at radius 1 is 1.25 bits per heavy atom. The van der Waals surface area contributed by atoms with Crippen molar-refractivity contribution in [1.29, 1.82) is 0 Å². The van der Waals surface area contributed by atoms with Gasteiger partial charge in [0.05, 0.1) is 0 Å². The summed E-state index contributed by atoms with van der Waals surface area (Å²) >= 11 is 1.46. The summed E-state index contributed by atoms with van der Waals surface area (Å²) in [4.78, 5) is 30.0. The van der Waals surface area contributed by atoms with Gasteiger partial charge >= 0.3 is 5.97 Å². The molecule has 0 saturated carbocycles. The van der Waals surface area contributed by atoms with Gasteiger partial charge < -0.3 is 10.0 Å². The van der Waals surface area contributed by atoms with Crippen molar-refractivity contribution in [1.82, 2.24) is 9.88 Å². The van der Waals surface area contributed by atoms with Gasteiger partial charge in [0, 0.05) is 30.0 Å². The van der Waals surface area contributed by atoms with Crippen LogP contribution < -0.4 is 0 Å². The molecule has 1 fully saturated rings. The third-order valence-electron chi connectivity index (χ3n) is 4.32. The minimum Gasteiger partial charge on any atom is -0.481 e. The predicted octanol–water partition coefficient (Wildman–Crippen LogP) is 3.67. The lowest BCUT2D eigenvalue weighted by molar-refractivity contribution is -0.137. The molecule has 0 bridgehead atoms. The number of hydrogen-bond donors (Lipinski definition) is 1. The van der Waals surface area contributed by atoms with Crippen molar-refractivity contribution in [2.75, 3.05) is 6.54 Å². The molecule has 2 heterocycles. The zero-order valence-corrected chi connectivity index (χ0v) is 14.2. The van der Waals surface area contributed by atoms with Crippen molar-refractivity contribution in [2.24, 2.45) is 0 Å². The van der Waals surface area contributed by atoms with Gasteiger partial charge in [-0.2, -0.15) is 0 Å². The highest BCUT2D eigenvalue weighted by Gasteiger charge is 2.29. The molecule has 0 radical (unpaired) electrons. The molecule has 0 aliphatic carbocycles. The fourth-order valence-corrected chi connectivity index (χ4v) is 3.89. The Labute approximate surface area is 145 Å². The van der Waals surface area contributed by atoms with Crippen LogP contribution in [0.15, 0.2) is 35.7 Å². The van der Waals surface area contributed by atoms with Gasteiger partial charge in [0.1, 0.15) is 10.7 Å².